The Hall–Kier alpha value is 3.13. The molecule has 0 spiro atoms. The summed E-state index contributed by atoms with van der Waals surface area (Å²) in [6.07, 6.45) is 9.40. The quantitative estimate of drug-likeness (QED) is 0.206. The molecule has 2 aromatic rings. The Kier molecular flexibility index (Phi) is 123. The van der Waals surface area contributed by atoms with E-state index in [2.05, 4.69) is 27.1 Å². The summed E-state index contributed by atoms with van der Waals surface area (Å²) < 4.78 is 9.22. The van der Waals surface area contributed by atoms with Crippen molar-refractivity contribution in [1.82, 2.24) is 9.97 Å². The Labute approximate surface area is 361 Å². The summed E-state index contributed by atoms with van der Waals surface area (Å²) in [5.74, 6) is 1.21. The molecule has 2 heterocycles. The van der Waals surface area contributed by atoms with E-state index in [0.717, 1.165) is 18.2 Å². The number of aromatic hydroxyl groups is 1. The van der Waals surface area contributed by atoms with Crippen molar-refractivity contribution in [3.05, 3.63) is 49.1 Å². The van der Waals surface area contributed by atoms with Gasteiger partial charge in [-0.25, -0.2) is 0 Å². The molecule has 2 rings (SSSR count). The molecule has 2 aromatic heterocycles. The van der Waals surface area contributed by atoms with Crippen LogP contribution in [0.5, 0.6) is 11.5 Å². The minimum absolute atomic E-state index is 0. The van der Waals surface area contributed by atoms with Crippen LogP contribution < -0.4 is 10.5 Å². The van der Waals surface area contributed by atoms with Crippen LogP contribution in [0.4, 0.5) is 0 Å². The Morgan fingerprint density at radius 3 is 1.62 bits per heavy atom. The van der Waals surface area contributed by atoms with Crippen molar-refractivity contribution in [3.63, 3.8) is 0 Å². The second-order valence-electron chi connectivity index (χ2n) is 4.27. The average Bonchev–Trinajstić information content (AvgIpc) is 2.79. The maximum atomic E-state index is 9.93. The molecule has 0 atom stereocenters. The zero-order chi connectivity index (χ0) is 24.8. The van der Waals surface area contributed by atoms with Gasteiger partial charge in [0.25, 0.3) is 5.97 Å². The van der Waals surface area contributed by atoms with Crippen LogP contribution >= 0.6 is 11.6 Å². The number of pyridine rings is 2. The predicted molar refractivity (Wildman–Crippen MR) is 124 cm³/mol. The van der Waals surface area contributed by atoms with Gasteiger partial charge in [0, 0.05) is 194 Å². The van der Waals surface area contributed by atoms with Crippen molar-refractivity contribution in [3.8, 4) is 11.5 Å². The number of aromatic nitrogens is 2. The molecular weight excluding hydrogens is 1090 g/mol. The summed E-state index contributed by atoms with van der Waals surface area (Å²) in [6, 6.07) is 6.42. The van der Waals surface area contributed by atoms with E-state index in [-0.39, 0.29) is 189 Å². The van der Waals surface area contributed by atoms with E-state index in [1.165, 1.54) is 31.7 Å². The molecule has 37 heavy (non-hydrogen) atoms. The van der Waals surface area contributed by atoms with Crippen LogP contribution in [0, 0.1) is 126 Å². The second kappa shape index (κ2) is 67.0. The minimum Gasteiger partial charge on any atom is -0.566 e. The van der Waals surface area contributed by atoms with Crippen LogP contribution in [-0.2, 0) is 77.5 Å². The monoisotopic (exact) mass is 1130 g/mol. The molecule has 0 bridgehead atoms. The molecule has 0 radical (unpaired) electrons. The molecule has 15 heteroatoms. The number of hydrogen-bond acceptors (Lipinski definition) is 8. The molecule has 0 aliphatic carbocycles. The maximum Gasteiger partial charge on any atom is 0.278 e. The first kappa shape index (κ1) is 67.7. The maximum absolute atomic E-state index is 9.93. The summed E-state index contributed by atoms with van der Waals surface area (Å²) >= 11 is 5.00. The van der Waals surface area contributed by atoms with Gasteiger partial charge in [-0.05, 0) is 13.5 Å². The van der Waals surface area contributed by atoms with E-state index in [9.17, 15) is 9.59 Å². The summed E-state index contributed by atoms with van der Waals surface area (Å²) in [4.78, 5) is 26.6. The third kappa shape index (κ3) is 73.3. The van der Waals surface area contributed by atoms with E-state index in [1.54, 1.807) is 18.3 Å². The van der Waals surface area contributed by atoms with Gasteiger partial charge in [0.2, 0.25) is 0 Å². The van der Waals surface area contributed by atoms with Crippen LogP contribution in [0.2, 0.25) is 0 Å². The van der Waals surface area contributed by atoms with Gasteiger partial charge in [0.05, 0.1) is 13.7 Å². The Morgan fingerprint density at radius 2 is 1.43 bits per heavy atom. The molecule has 8 nitrogen and oxygen atoms in total. The molecule has 0 aliphatic rings. The van der Waals surface area contributed by atoms with Crippen molar-refractivity contribution in [2.24, 2.45) is 5.73 Å². The van der Waals surface area contributed by atoms with E-state index in [4.69, 9.17) is 27.2 Å². The number of hydrogen-bond donors (Lipinski definition) is 2. The summed E-state index contributed by atoms with van der Waals surface area (Å²) in [5, 5.41) is 8.56. The van der Waals surface area contributed by atoms with E-state index in [1.807, 2.05) is 34.6 Å². The Bertz CT molecular complexity index is 604. The SMILES string of the molecule is CC.CCCl.CCN.CCOc1c[c-]ncc1.COC(=O)C[C-]=O.Oc1c[c-]ncc1.[Ar].[Ar].[Ar].[W].[W].[W]. The zero-order valence-electron chi connectivity index (χ0n) is 21.5. The number of esters is 1. The first-order valence-corrected chi connectivity index (χ1v) is 10.1. The smallest absolute Gasteiger partial charge is 0.278 e. The molecule has 0 unspecified atom stereocenters. The third-order valence-electron chi connectivity index (χ3n) is 1.96. The standard InChI is InChI=1S/C7H8NO.C5H4NO.C4H5O3.C2H5Cl.C2H7N.C2H6.3Ar.3W/c1-2-9-7-3-5-8-6-4-7;7-5-1-3-6-4-2-5;1-7-4(6)2-3-5;2*1-2-3;1-2;;;;;;/h3-5H,2H2,1H3;1-3H,(H,6,7);2H2,1H3;2H2,1H3;2-3H2,1H3;1-2H3;;;;;;/q3*-1;;;;;;;;;. The van der Waals surface area contributed by atoms with Crippen LogP contribution in [0.25, 0.3) is 0 Å². The van der Waals surface area contributed by atoms with E-state index >= 15 is 0 Å². The molecule has 0 fully saturated rings. The van der Waals surface area contributed by atoms with Gasteiger partial charge in [-0.15, -0.1) is 35.9 Å². The molecule has 3 N–H and O–H groups in total. The molecule has 220 valence electrons. The first-order valence-electron chi connectivity index (χ1n) is 9.60. The largest absolute Gasteiger partial charge is 0.566 e. The fraction of sp³-hybridized carbons (Fsp3) is 0.455. The fourth-order valence-corrected chi connectivity index (χ4v) is 0.998. The topological polar surface area (TPSA) is 125 Å². The number of rotatable bonds is 4. The van der Waals surface area contributed by atoms with Crippen molar-refractivity contribution >= 4 is 23.9 Å². The third-order valence-corrected chi connectivity index (χ3v) is 1.96. The molecule has 0 aromatic carbocycles. The predicted octanol–water partition coefficient (Wildman–Crippen LogP) is 3.76. The number of alkyl halides is 1. The number of carbonyl (C=O) groups is 1. The van der Waals surface area contributed by atoms with Crippen molar-refractivity contribution in [2.75, 3.05) is 26.1 Å². The van der Waals surface area contributed by atoms with Gasteiger partial charge in [-0.2, -0.15) is 0 Å². The van der Waals surface area contributed by atoms with Crippen LogP contribution in [0.3, 0.4) is 0 Å². The molecule has 0 saturated heterocycles. The van der Waals surface area contributed by atoms with Crippen molar-refractivity contribution in [1.29, 1.82) is 0 Å². The van der Waals surface area contributed by atoms with Crippen molar-refractivity contribution in [2.45, 2.75) is 41.0 Å². The van der Waals surface area contributed by atoms with Crippen LogP contribution in [0.15, 0.2) is 36.7 Å². The molecular formula is C22H35Ar3ClN3O5W3-3. The number of halogens is 1. The zero-order valence-corrected chi connectivity index (χ0v) is 33.2. The molecule has 0 saturated carbocycles. The van der Waals surface area contributed by atoms with Crippen LogP contribution in [-0.4, -0.2) is 53.5 Å². The summed E-state index contributed by atoms with van der Waals surface area (Å²) in [6.45, 7) is 11.2. The van der Waals surface area contributed by atoms with Gasteiger partial charge in [0.15, 0.2) is 0 Å². The van der Waals surface area contributed by atoms with Crippen LogP contribution in [0.1, 0.15) is 41.0 Å². The van der Waals surface area contributed by atoms with Gasteiger partial charge < -0.3 is 35.1 Å². The normalized spacial score (nSPS) is 6.38. The number of nitrogens with zero attached hydrogens (tertiary/aromatic N) is 2. The molecule has 0 amide bonds. The first-order chi connectivity index (χ1) is 15.0. The van der Waals surface area contributed by atoms with E-state index in [0.29, 0.717) is 6.61 Å². The van der Waals surface area contributed by atoms with Gasteiger partial charge in [0.1, 0.15) is 0 Å². The number of nitrogens with two attached hydrogens (primary N) is 1. The molecule has 0 aliphatic heterocycles. The van der Waals surface area contributed by atoms with Gasteiger partial charge in [-0.3, -0.25) is 11.1 Å². The average molecular weight is 1130 g/mol. The number of ether oxygens (including phenoxy) is 2. The van der Waals surface area contributed by atoms with Crippen molar-refractivity contribution < 1.29 is 201 Å². The number of methoxy groups -OCH3 is 1. The Balaban J connectivity index is -0.0000000304. The van der Waals surface area contributed by atoms with Gasteiger partial charge >= 0.3 is 0 Å². The summed E-state index contributed by atoms with van der Waals surface area (Å²) in [7, 11) is 1.22. The fourth-order valence-electron chi connectivity index (χ4n) is 0.998. The second-order valence-corrected chi connectivity index (χ2v) is 4.80. The number of carbonyl (C=O) groups excluding carboxylic acids is 2. The summed E-state index contributed by atoms with van der Waals surface area (Å²) in [5.41, 5.74) is 4.85. The van der Waals surface area contributed by atoms with Gasteiger partial charge in [-0.1, -0.05) is 58.9 Å². The Morgan fingerprint density at radius 1 is 1.03 bits per heavy atom. The van der Waals surface area contributed by atoms with E-state index < -0.39 is 5.97 Å². The minimum atomic E-state index is -0.546.